The van der Waals surface area contributed by atoms with Gasteiger partial charge in [0.15, 0.2) is 6.29 Å². The molecule has 2 atom stereocenters. The van der Waals surface area contributed by atoms with Crippen molar-refractivity contribution in [1.82, 2.24) is 10.3 Å². The first-order valence-corrected chi connectivity index (χ1v) is 5.22. The molecule has 0 aliphatic carbocycles. The highest BCUT2D eigenvalue weighted by molar-refractivity contribution is 5.77. The Balaban J connectivity index is 2.91. The average molecular weight is 242 g/mol. The molecule has 2 unspecified atom stereocenters. The van der Waals surface area contributed by atoms with Gasteiger partial charge in [-0.15, -0.1) is 0 Å². The zero-order valence-corrected chi connectivity index (χ0v) is 9.43. The quantitative estimate of drug-likeness (QED) is 0.484. The number of aldehydes is 1. The van der Waals surface area contributed by atoms with Gasteiger partial charge >= 0.3 is 0 Å². The SMILES string of the molecule is CNCCC(O)C(O)c1ccnc(F)c1C=O. The first-order valence-electron chi connectivity index (χ1n) is 5.22. The molecule has 5 nitrogen and oxygen atoms in total. The van der Waals surface area contributed by atoms with E-state index in [1.165, 1.54) is 6.07 Å². The summed E-state index contributed by atoms with van der Waals surface area (Å²) in [6.07, 6.45) is -0.652. The van der Waals surface area contributed by atoms with Gasteiger partial charge in [0.25, 0.3) is 0 Å². The van der Waals surface area contributed by atoms with Crippen molar-refractivity contribution >= 4 is 6.29 Å². The van der Waals surface area contributed by atoms with Gasteiger partial charge < -0.3 is 15.5 Å². The van der Waals surface area contributed by atoms with Crippen LogP contribution in [0.4, 0.5) is 4.39 Å². The maximum atomic E-state index is 13.2. The molecule has 6 heteroatoms. The fourth-order valence-electron chi connectivity index (χ4n) is 1.49. The Bertz CT molecular complexity index is 387. The number of nitrogens with one attached hydrogen (secondary N) is 1. The first kappa shape index (κ1) is 13.7. The molecular weight excluding hydrogens is 227 g/mol. The molecule has 0 bridgehead atoms. The summed E-state index contributed by atoms with van der Waals surface area (Å²) in [7, 11) is 1.71. The van der Waals surface area contributed by atoms with Crippen LogP contribution in [0.25, 0.3) is 0 Å². The number of halogens is 1. The number of pyridine rings is 1. The summed E-state index contributed by atoms with van der Waals surface area (Å²) < 4.78 is 13.2. The van der Waals surface area contributed by atoms with Crippen LogP contribution in [0.15, 0.2) is 12.3 Å². The summed E-state index contributed by atoms with van der Waals surface area (Å²) >= 11 is 0. The first-order chi connectivity index (χ1) is 8.11. The molecule has 1 rings (SSSR count). The van der Waals surface area contributed by atoms with Gasteiger partial charge in [-0.2, -0.15) is 4.39 Å². The summed E-state index contributed by atoms with van der Waals surface area (Å²) in [5, 5.41) is 22.3. The predicted octanol–water partition coefficient (Wildman–Crippen LogP) is 0.0370. The lowest BCUT2D eigenvalue weighted by Crippen LogP contribution is -2.24. The maximum absolute atomic E-state index is 13.2. The van der Waals surface area contributed by atoms with Crippen LogP contribution < -0.4 is 5.32 Å². The zero-order chi connectivity index (χ0) is 12.8. The third-order valence-electron chi connectivity index (χ3n) is 2.47. The van der Waals surface area contributed by atoms with Gasteiger partial charge in [-0.25, -0.2) is 4.98 Å². The van der Waals surface area contributed by atoms with Gasteiger partial charge in [-0.05, 0) is 31.6 Å². The summed E-state index contributed by atoms with van der Waals surface area (Å²) in [5.74, 6) is -0.947. The number of hydrogen-bond donors (Lipinski definition) is 3. The topological polar surface area (TPSA) is 82.4 Å². The minimum atomic E-state index is -1.30. The molecule has 1 aromatic heterocycles. The molecule has 0 saturated carbocycles. The smallest absolute Gasteiger partial charge is 0.223 e. The number of carbonyl (C=O) groups is 1. The van der Waals surface area contributed by atoms with Crippen molar-refractivity contribution in [2.75, 3.05) is 13.6 Å². The number of hydrogen-bond acceptors (Lipinski definition) is 5. The van der Waals surface area contributed by atoms with Gasteiger partial charge in [0, 0.05) is 6.20 Å². The minimum Gasteiger partial charge on any atom is -0.390 e. The lowest BCUT2D eigenvalue weighted by Gasteiger charge is -2.19. The van der Waals surface area contributed by atoms with E-state index in [9.17, 15) is 19.4 Å². The highest BCUT2D eigenvalue weighted by atomic mass is 19.1. The lowest BCUT2D eigenvalue weighted by molar-refractivity contribution is 0.0134. The van der Waals surface area contributed by atoms with E-state index in [0.29, 0.717) is 13.0 Å². The minimum absolute atomic E-state index is 0.0519. The number of nitrogens with zero attached hydrogens (tertiary/aromatic N) is 1. The van der Waals surface area contributed by atoms with Gasteiger partial charge in [0.1, 0.15) is 6.10 Å². The molecule has 0 fully saturated rings. The molecule has 0 spiro atoms. The number of rotatable bonds is 6. The van der Waals surface area contributed by atoms with Crippen molar-refractivity contribution in [3.8, 4) is 0 Å². The van der Waals surface area contributed by atoms with Crippen molar-refractivity contribution in [2.45, 2.75) is 18.6 Å². The molecule has 0 radical (unpaired) electrons. The number of aliphatic hydroxyl groups is 2. The molecule has 17 heavy (non-hydrogen) atoms. The Labute approximate surface area is 98.3 Å². The molecule has 0 aliphatic rings. The van der Waals surface area contributed by atoms with Crippen LogP contribution in [-0.4, -0.2) is 41.2 Å². The molecule has 0 saturated heterocycles. The molecule has 1 heterocycles. The molecular formula is C11H15FN2O3. The van der Waals surface area contributed by atoms with Gasteiger partial charge in [-0.3, -0.25) is 4.79 Å². The van der Waals surface area contributed by atoms with E-state index in [0.717, 1.165) is 6.20 Å². The van der Waals surface area contributed by atoms with Crippen molar-refractivity contribution in [3.63, 3.8) is 0 Å². The van der Waals surface area contributed by atoms with Crippen LogP contribution in [-0.2, 0) is 0 Å². The normalized spacial score (nSPS) is 14.4. The third-order valence-corrected chi connectivity index (χ3v) is 2.47. The maximum Gasteiger partial charge on any atom is 0.223 e. The van der Waals surface area contributed by atoms with Crippen LogP contribution in [0.3, 0.4) is 0 Å². The molecule has 94 valence electrons. The van der Waals surface area contributed by atoms with Crippen LogP contribution >= 0.6 is 0 Å². The average Bonchev–Trinajstić information content (AvgIpc) is 2.34. The molecule has 0 amide bonds. The summed E-state index contributed by atoms with van der Waals surface area (Å²) in [6, 6.07) is 1.32. The largest absolute Gasteiger partial charge is 0.390 e. The molecule has 0 aromatic carbocycles. The number of carbonyl (C=O) groups excluding carboxylic acids is 1. The second kappa shape index (κ2) is 6.39. The van der Waals surface area contributed by atoms with Gasteiger partial charge in [0.05, 0.1) is 11.7 Å². The van der Waals surface area contributed by atoms with E-state index in [2.05, 4.69) is 10.3 Å². The molecule has 0 aliphatic heterocycles. The fourth-order valence-corrected chi connectivity index (χ4v) is 1.49. The second-order valence-electron chi connectivity index (χ2n) is 3.63. The number of aliphatic hydroxyl groups excluding tert-OH is 2. The van der Waals surface area contributed by atoms with Crippen LogP contribution in [0.2, 0.25) is 0 Å². The zero-order valence-electron chi connectivity index (χ0n) is 9.43. The van der Waals surface area contributed by atoms with Crippen LogP contribution in [0.1, 0.15) is 28.4 Å². The standard InChI is InChI=1S/C11H15FN2O3/c1-13-4-3-9(16)10(17)7-2-5-14-11(12)8(7)6-15/h2,5-6,9-10,13,16-17H,3-4H2,1H3. The van der Waals surface area contributed by atoms with Gasteiger partial charge in [0.2, 0.25) is 5.95 Å². The Morgan fingerprint density at radius 1 is 1.59 bits per heavy atom. The van der Waals surface area contributed by atoms with Crippen LogP contribution in [0.5, 0.6) is 0 Å². The lowest BCUT2D eigenvalue weighted by atomic mass is 9.99. The van der Waals surface area contributed by atoms with Crippen molar-refractivity contribution in [2.24, 2.45) is 0 Å². The Kier molecular flexibility index (Phi) is 5.14. The highest BCUT2D eigenvalue weighted by Crippen LogP contribution is 2.22. The number of aromatic nitrogens is 1. The fraction of sp³-hybridized carbons (Fsp3) is 0.455. The van der Waals surface area contributed by atoms with Gasteiger partial charge in [-0.1, -0.05) is 0 Å². The molecule has 3 N–H and O–H groups in total. The summed E-state index contributed by atoms with van der Waals surface area (Å²) in [4.78, 5) is 14.0. The van der Waals surface area contributed by atoms with Crippen molar-refractivity contribution < 1.29 is 19.4 Å². The predicted molar refractivity (Wildman–Crippen MR) is 59.1 cm³/mol. The summed E-state index contributed by atoms with van der Waals surface area (Å²) in [6.45, 7) is 0.502. The van der Waals surface area contributed by atoms with E-state index in [4.69, 9.17) is 0 Å². The van der Waals surface area contributed by atoms with Crippen LogP contribution in [0, 0.1) is 5.95 Å². The van der Waals surface area contributed by atoms with E-state index in [1.807, 2.05) is 0 Å². The Morgan fingerprint density at radius 3 is 2.88 bits per heavy atom. The summed E-state index contributed by atoms with van der Waals surface area (Å²) in [5.41, 5.74) is -0.264. The monoisotopic (exact) mass is 242 g/mol. The van der Waals surface area contributed by atoms with Crippen molar-refractivity contribution in [3.05, 3.63) is 29.3 Å². The Hall–Kier alpha value is -1.37. The van der Waals surface area contributed by atoms with E-state index < -0.39 is 18.2 Å². The second-order valence-corrected chi connectivity index (χ2v) is 3.63. The highest BCUT2D eigenvalue weighted by Gasteiger charge is 2.22. The molecule has 1 aromatic rings. The Morgan fingerprint density at radius 2 is 2.29 bits per heavy atom. The van der Waals surface area contributed by atoms with E-state index in [1.54, 1.807) is 7.05 Å². The van der Waals surface area contributed by atoms with E-state index in [-0.39, 0.29) is 17.4 Å². The van der Waals surface area contributed by atoms with E-state index >= 15 is 0 Å². The third kappa shape index (κ3) is 3.29. The van der Waals surface area contributed by atoms with Crippen molar-refractivity contribution in [1.29, 1.82) is 0 Å².